The zero-order chi connectivity index (χ0) is 21.2. The van der Waals surface area contributed by atoms with Gasteiger partial charge in [0.15, 0.2) is 0 Å². The zero-order valence-electron chi connectivity index (χ0n) is 19.2. The number of β-lactam (4-membered cyclic amide) rings is 1. The minimum atomic E-state index is -2.11. The van der Waals surface area contributed by atoms with E-state index in [1.807, 2.05) is 29.2 Å². The number of methoxy groups -OCH3 is 1. The molecule has 0 radical (unpaired) electrons. The lowest BCUT2D eigenvalue weighted by Gasteiger charge is -2.53. The van der Waals surface area contributed by atoms with Gasteiger partial charge in [-0.25, -0.2) is 0 Å². The number of nitrogens with zero attached hydrogens (tertiary/aromatic N) is 1. The maximum absolute atomic E-state index is 13.2. The highest BCUT2D eigenvalue weighted by molar-refractivity contribution is 6.77. The monoisotopic (exact) mass is 405 g/mol. The highest BCUT2D eigenvalue weighted by Crippen LogP contribution is 2.46. The second kappa shape index (κ2) is 9.00. The Balaban J connectivity index is 2.34. The maximum atomic E-state index is 13.2. The molecule has 0 aromatic heterocycles. The molecule has 2 atom stereocenters. The van der Waals surface area contributed by atoms with Crippen LogP contribution in [0.3, 0.4) is 0 Å². The number of ether oxygens (including phenoxy) is 1. The molecule has 1 amide bonds. The number of amides is 1. The first-order valence-corrected chi connectivity index (χ1v) is 12.8. The van der Waals surface area contributed by atoms with Crippen LogP contribution in [0.4, 0.5) is 5.69 Å². The second-order valence-corrected chi connectivity index (χ2v) is 14.9. The van der Waals surface area contributed by atoms with Crippen LogP contribution in [0.5, 0.6) is 5.75 Å². The van der Waals surface area contributed by atoms with Gasteiger partial charge in [-0.05, 0) is 53.2 Å². The number of rotatable bonds is 9. The molecule has 0 bridgehead atoms. The maximum Gasteiger partial charge on any atom is 0.257 e. The van der Waals surface area contributed by atoms with E-state index in [-0.39, 0.29) is 18.1 Å². The van der Waals surface area contributed by atoms with Gasteiger partial charge in [-0.2, -0.15) is 0 Å². The standard InChI is InChI=1S/C23H39NO3Si/c1-15(2)14-21-22(27-28(16(3)4,17(5)6)18(7)8)23(25)24(21)19-10-12-20(26-9)13-11-19/h10-13,15-18,21-22H,14H2,1-9H3/t21-,22+/m0/s1. The summed E-state index contributed by atoms with van der Waals surface area (Å²) in [5, 5.41) is 0. The van der Waals surface area contributed by atoms with Crippen LogP contribution in [0, 0.1) is 5.92 Å². The molecule has 0 spiro atoms. The third-order valence-corrected chi connectivity index (χ3v) is 12.3. The van der Waals surface area contributed by atoms with Gasteiger partial charge in [-0.15, -0.1) is 0 Å². The van der Waals surface area contributed by atoms with Crippen LogP contribution >= 0.6 is 0 Å². The first-order chi connectivity index (χ1) is 13.1. The first-order valence-electron chi connectivity index (χ1n) is 10.7. The van der Waals surface area contributed by atoms with Gasteiger partial charge >= 0.3 is 0 Å². The summed E-state index contributed by atoms with van der Waals surface area (Å²) in [6, 6.07) is 7.87. The molecular weight excluding hydrogens is 366 g/mol. The van der Waals surface area contributed by atoms with Gasteiger partial charge < -0.3 is 14.1 Å². The van der Waals surface area contributed by atoms with Gasteiger partial charge in [0.05, 0.1) is 13.2 Å². The zero-order valence-corrected chi connectivity index (χ0v) is 20.2. The van der Waals surface area contributed by atoms with E-state index >= 15 is 0 Å². The van der Waals surface area contributed by atoms with Crippen LogP contribution in [0.1, 0.15) is 61.8 Å². The van der Waals surface area contributed by atoms with Gasteiger partial charge in [-0.1, -0.05) is 55.4 Å². The molecule has 1 aliphatic heterocycles. The Kier molecular flexibility index (Phi) is 7.37. The summed E-state index contributed by atoms with van der Waals surface area (Å²) in [5.41, 5.74) is 2.34. The lowest BCUT2D eigenvalue weighted by Crippen LogP contribution is -2.70. The van der Waals surface area contributed by atoms with Crippen molar-refractivity contribution in [1.29, 1.82) is 0 Å². The fourth-order valence-electron chi connectivity index (χ4n) is 5.05. The summed E-state index contributed by atoms with van der Waals surface area (Å²) >= 11 is 0. The van der Waals surface area contributed by atoms with E-state index in [0.717, 1.165) is 17.9 Å². The van der Waals surface area contributed by atoms with Crippen LogP contribution in [0.2, 0.25) is 16.6 Å². The van der Waals surface area contributed by atoms with Gasteiger partial charge in [-0.3, -0.25) is 4.79 Å². The average Bonchev–Trinajstić information content (AvgIpc) is 2.61. The molecule has 1 heterocycles. The Labute approximate surface area is 172 Å². The predicted octanol–water partition coefficient (Wildman–Crippen LogP) is 6.02. The van der Waals surface area contributed by atoms with Gasteiger partial charge in [0.1, 0.15) is 11.9 Å². The molecule has 0 aliphatic carbocycles. The van der Waals surface area contributed by atoms with Gasteiger partial charge in [0, 0.05) is 5.69 Å². The number of carbonyl (C=O) groups is 1. The third kappa shape index (κ3) is 4.15. The fraction of sp³-hybridized carbons (Fsp3) is 0.696. The van der Waals surface area contributed by atoms with E-state index in [0.29, 0.717) is 22.5 Å². The Morgan fingerprint density at radius 1 is 0.929 bits per heavy atom. The summed E-state index contributed by atoms with van der Waals surface area (Å²) < 4.78 is 12.2. The van der Waals surface area contributed by atoms with Crippen LogP contribution < -0.4 is 9.64 Å². The molecular formula is C23H39NO3Si. The number of anilines is 1. The largest absolute Gasteiger partial charge is 0.497 e. The second-order valence-electron chi connectivity index (χ2n) is 9.46. The lowest BCUT2D eigenvalue weighted by atomic mass is 9.89. The first kappa shape index (κ1) is 23.0. The molecule has 158 valence electrons. The van der Waals surface area contributed by atoms with Crippen molar-refractivity contribution in [2.45, 2.75) is 90.6 Å². The molecule has 1 aliphatic rings. The number of hydrogen-bond donors (Lipinski definition) is 0. The smallest absolute Gasteiger partial charge is 0.257 e. The van der Waals surface area contributed by atoms with Gasteiger partial charge in [0.25, 0.3) is 5.91 Å². The molecule has 1 aromatic rings. The van der Waals surface area contributed by atoms with Crippen molar-refractivity contribution < 1.29 is 14.0 Å². The minimum absolute atomic E-state index is 0.101. The Hall–Kier alpha value is -1.33. The molecule has 0 unspecified atom stereocenters. The van der Waals surface area contributed by atoms with E-state index in [1.165, 1.54) is 0 Å². The van der Waals surface area contributed by atoms with Crippen molar-refractivity contribution in [1.82, 2.24) is 0 Å². The molecule has 0 saturated carbocycles. The molecule has 1 saturated heterocycles. The quantitative estimate of drug-likeness (QED) is 0.372. The van der Waals surface area contributed by atoms with Crippen molar-refractivity contribution in [3.8, 4) is 5.75 Å². The summed E-state index contributed by atoms with van der Waals surface area (Å²) in [4.78, 5) is 15.2. The fourth-order valence-corrected chi connectivity index (χ4v) is 10.6. The average molecular weight is 406 g/mol. The number of benzene rings is 1. The molecule has 1 fully saturated rings. The normalized spacial score (nSPS) is 20.5. The van der Waals surface area contributed by atoms with E-state index < -0.39 is 8.32 Å². The van der Waals surface area contributed by atoms with E-state index in [2.05, 4.69) is 55.4 Å². The van der Waals surface area contributed by atoms with Crippen LogP contribution in [-0.2, 0) is 9.22 Å². The van der Waals surface area contributed by atoms with Gasteiger partial charge in [0.2, 0.25) is 8.32 Å². The summed E-state index contributed by atoms with van der Waals surface area (Å²) in [6.07, 6.45) is 0.629. The molecule has 1 aromatic carbocycles. The topological polar surface area (TPSA) is 38.8 Å². The van der Waals surface area contributed by atoms with Crippen molar-refractivity contribution in [2.75, 3.05) is 12.0 Å². The predicted molar refractivity (Wildman–Crippen MR) is 120 cm³/mol. The van der Waals surface area contributed by atoms with Crippen LogP contribution in [0.25, 0.3) is 0 Å². The number of hydrogen-bond acceptors (Lipinski definition) is 3. The molecule has 5 heteroatoms. The third-order valence-electron chi connectivity index (χ3n) is 6.26. The Bertz CT molecular complexity index is 633. The van der Waals surface area contributed by atoms with Crippen molar-refractivity contribution in [2.24, 2.45) is 5.92 Å². The molecule has 0 N–H and O–H groups in total. The van der Waals surface area contributed by atoms with Crippen LogP contribution in [0.15, 0.2) is 24.3 Å². The Morgan fingerprint density at radius 2 is 1.43 bits per heavy atom. The SMILES string of the molecule is COc1ccc(N2C(=O)[C@H](O[Si](C(C)C)(C(C)C)C(C)C)[C@@H]2CC(C)C)cc1. The minimum Gasteiger partial charge on any atom is -0.497 e. The van der Waals surface area contributed by atoms with Crippen molar-refractivity contribution in [3.05, 3.63) is 24.3 Å². The van der Waals surface area contributed by atoms with Crippen molar-refractivity contribution in [3.63, 3.8) is 0 Å². The molecule has 2 rings (SSSR count). The summed E-state index contributed by atoms with van der Waals surface area (Å²) in [7, 11) is -0.452. The van der Waals surface area contributed by atoms with E-state index in [9.17, 15) is 4.79 Å². The van der Waals surface area contributed by atoms with E-state index in [1.54, 1.807) is 7.11 Å². The highest BCUT2D eigenvalue weighted by atomic mass is 28.4. The molecule has 28 heavy (non-hydrogen) atoms. The summed E-state index contributed by atoms with van der Waals surface area (Å²) in [6.45, 7) is 18.1. The summed E-state index contributed by atoms with van der Waals surface area (Å²) in [5.74, 6) is 1.41. The lowest BCUT2D eigenvalue weighted by molar-refractivity contribution is -0.136. The molecule has 4 nitrogen and oxygen atoms in total. The number of carbonyl (C=O) groups excluding carboxylic acids is 1. The Morgan fingerprint density at radius 3 is 1.82 bits per heavy atom. The van der Waals surface area contributed by atoms with Crippen molar-refractivity contribution >= 4 is 19.9 Å². The van der Waals surface area contributed by atoms with E-state index in [4.69, 9.17) is 9.16 Å². The highest BCUT2D eigenvalue weighted by Gasteiger charge is 2.55. The van der Waals surface area contributed by atoms with Crippen LogP contribution in [-0.4, -0.2) is 33.5 Å².